The lowest BCUT2D eigenvalue weighted by Gasteiger charge is -2.34. The number of hydrogen-bond acceptors (Lipinski definition) is 4. The number of hydrogen-bond donors (Lipinski definition) is 1. The van der Waals surface area contributed by atoms with Crippen molar-refractivity contribution in [3.63, 3.8) is 0 Å². The first-order valence-electron chi connectivity index (χ1n) is 6.58. The Morgan fingerprint density at radius 3 is 2.88 bits per heavy atom. The van der Waals surface area contributed by atoms with Crippen LogP contribution in [0.4, 0.5) is 0 Å². The SMILES string of the molecule is Cc1noc(C)c1CCN1CCCC[C@@H]1CN. The Labute approximate surface area is 103 Å². The van der Waals surface area contributed by atoms with Crippen molar-refractivity contribution in [1.82, 2.24) is 10.1 Å². The minimum Gasteiger partial charge on any atom is -0.361 e. The summed E-state index contributed by atoms with van der Waals surface area (Å²) in [5.74, 6) is 0.962. The van der Waals surface area contributed by atoms with Gasteiger partial charge in [0.2, 0.25) is 0 Å². The van der Waals surface area contributed by atoms with E-state index in [4.69, 9.17) is 10.3 Å². The summed E-state index contributed by atoms with van der Waals surface area (Å²) in [5, 5.41) is 4.00. The van der Waals surface area contributed by atoms with Crippen LogP contribution in [-0.4, -0.2) is 35.7 Å². The number of rotatable bonds is 4. The molecule has 1 fully saturated rings. The van der Waals surface area contributed by atoms with Gasteiger partial charge in [-0.2, -0.15) is 0 Å². The molecule has 0 amide bonds. The van der Waals surface area contributed by atoms with Gasteiger partial charge in [-0.15, -0.1) is 0 Å². The third-order valence-electron chi connectivity index (χ3n) is 3.85. The zero-order valence-electron chi connectivity index (χ0n) is 10.9. The maximum Gasteiger partial charge on any atom is 0.137 e. The molecule has 2 rings (SSSR count). The standard InChI is InChI=1S/C13H23N3O/c1-10-13(11(2)17-15-10)6-8-16-7-4-3-5-12(16)9-14/h12H,3-9,14H2,1-2H3/t12-/m1/s1. The van der Waals surface area contributed by atoms with Gasteiger partial charge in [0.25, 0.3) is 0 Å². The molecular formula is C13H23N3O. The predicted octanol–water partition coefficient (Wildman–Crippen LogP) is 1.65. The summed E-state index contributed by atoms with van der Waals surface area (Å²) in [4.78, 5) is 2.52. The van der Waals surface area contributed by atoms with Crippen molar-refractivity contribution < 1.29 is 4.52 Å². The zero-order chi connectivity index (χ0) is 12.3. The Morgan fingerprint density at radius 2 is 2.24 bits per heavy atom. The van der Waals surface area contributed by atoms with Gasteiger partial charge in [-0.1, -0.05) is 11.6 Å². The van der Waals surface area contributed by atoms with Crippen LogP contribution in [0.25, 0.3) is 0 Å². The fraction of sp³-hybridized carbons (Fsp3) is 0.769. The minimum absolute atomic E-state index is 0.573. The first-order chi connectivity index (χ1) is 8.22. The largest absolute Gasteiger partial charge is 0.361 e. The molecule has 2 N–H and O–H groups in total. The molecular weight excluding hydrogens is 214 g/mol. The number of likely N-dealkylation sites (tertiary alicyclic amines) is 1. The second-order valence-electron chi connectivity index (χ2n) is 4.97. The van der Waals surface area contributed by atoms with Crippen LogP contribution in [0.15, 0.2) is 4.52 Å². The molecule has 1 saturated heterocycles. The van der Waals surface area contributed by atoms with Gasteiger partial charge in [-0.05, 0) is 39.7 Å². The Hall–Kier alpha value is -0.870. The van der Waals surface area contributed by atoms with Crippen LogP contribution in [-0.2, 0) is 6.42 Å². The second-order valence-corrected chi connectivity index (χ2v) is 4.97. The Balaban J connectivity index is 1.92. The lowest BCUT2D eigenvalue weighted by Crippen LogP contribution is -2.44. The third kappa shape index (κ3) is 2.87. The lowest BCUT2D eigenvalue weighted by atomic mass is 10.0. The van der Waals surface area contributed by atoms with Gasteiger partial charge in [-0.3, -0.25) is 4.90 Å². The third-order valence-corrected chi connectivity index (χ3v) is 3.85. The highest BCUT2D eigenvalue weighted by atomic mass is 16.5. The van der Waals surface area contributed by atoms with E-state index in [0.717, 1.165) is 31.0 Å². The molecule has 1 aliphatic rings. The number of aryl methyl sites for hydroxylation is 2. The van der Waals surface area contributed by atoms with Crippen LogP contribution in [0.3, 0.4) is 0 Å². The fourth-order valence-corrected chi connectivity index (χ4v) is 2.74. The number of nitrogens with two attached hydrogens (primary N) is 1. The molecule has 1 aromatic heterocycles. The number of piperidine rings is 1. The molecule has 96 valence electrons. The van der Waals surface area contributed by atoms with Gasteiger partial charge in [0.05, 0.1) is 5.69 Å². The Morgan fingerprint density at radius 1 is 1.41 bits per heavy atom. The molecule has 0 saturated carbocycles. The van der Waals surface area contributed by atoms with E-state index < -0.39 is 0 Å². The average molecular weight is 237 g/mol. The second kappa shape index (κ2) is 5.65. The molecule has 4 nitrogen and oxygen atoms in total. The normalized spacial score (nSPS) is 21.9. The highest BCUT2D eigenvalue weighted by molar-refractivity contribution is 5.21. The van der Waals surface area contributed by atoms with Crippen LogP contribution >= 0.6 is 0 Å². The molecule has 1 atom stereocenters. The van der Waals surface area contributed by atoms with Crippen LogP contribution in [0.5, 0.6) is 0 Å². The molecule has 1 aromatic rings. The number of aromatic nitrogens is 1. The summed E-state index contributed by atoms with van der Waals surface area (Å²) in [7, 11) is 0. The molecule has 0 spiro atoms. The molecule has 0 bridgehead atoms. The predicted molar refractivity (Wildman–Crippen MR) is 67.9 cm³/mol. The maximum absolute atomic E-state index is 5.83. The van der Waals surface area contributed by atoms with Gasteiger partial charge in [-0.25, -0.2) is 0 Å². The maximum atomic E-state index is 5.83. The van der Waals surface area contributed by atoms with E-state index in [0.29, 0.717) is 6.04 Å². The molecule has 17 heavy (non-hydrogen) atoms. The minimum atomic E-state index is 0.573. The van der Waals surface area contributed by atoms with Gasteiger partial charge in [0, 0.05) is 24.7 Å². The van der Waals surface area contributed by atoms with Crippen molar-refractivity contribution >= 4 is 0 Å². The van der Waals surface area contributed by atoms with E-state index in [-0.39, 0.29) is 0 Å². The smallest absolute Gasteiger partial charge is 0.137 e. The van der Waals surface area contributed by atoms with Crippen molar-refractivity contribution in [2.45, 2.75) is 45.6 Å². The van der Waals surface area contributed by atoms with E-state index in [9.17, 15) is 0 Å². The van der Waals surface area contributed by atoms with Crippen LogP contribution in [0, 0.1) is 13.8 Å². The van der Waals surface area contributed by atoms with Crippen LogP contribution in [0.2, 0.25) is 0 Å². The van der Waals surface area contributed by atoms with Crippen molar-refractivity contribution in [3.05, 3.63) is 17.0 Å². The van der Waals surface area contributed by atoms with E-state index >= 15 is 0 Å². The molecule has 4 heteroatoms. The van der Waals surface area contributed by atoms with Gasteiger partial charge in [0.1, 0.15) is 5.76 Å². The summed E-state index contributed by atoms with van der Waals surface area (Å²) in [6, 6.07) is 0.573. The molecule has 1 aliphatic heterocycles. The van der Waals surface area contributed by atoms with Crippen LogP contribution < -0.4 is 5.73 Å². The van der Waals surface area contributed by atoms with Crippen molar-refractivity contribution in [3.8, 4) is 0 Å². The van der Waals surface area contributed by atoms with Crippen LogP contribution in [0.1, 0.15) is 36.3 Å². The Kier molecular flexibility index (Phi) is 4.18. The van der Waals surface area contributed by atoms with Gasteiger partial charge >= 0.3 is 0 Å². The number of nitrogens with zero attached hydrogens (tertiary/aromatic N) is 2. The molecule has 2 heterocycles. The zero-order valence-corrected chi connectivity index (χ0v) is 10.9. The topological polar surface area (TPSA) is 55.3 Å². The molecule has 0 radical (unpaired) electrons. The van der Waals surface area contributed by atoms with E-state index in [1.807, 2.05) is 13.8 Å². The van der Waals surface area contributed by atoms with E-state index in [2.05, 4.69) is 10.1 Å². The summed E-state index contributed by atoms with van der Waals surface area (Å²) in [6.07, 6.45) is 4.90. The first-order valence-corrected chi connectivity index (χ1v) is 6.58. The summed E-state index contributed by atoms with van der Waals surface area (Å²) >= 11 is 0. The fourth-order valence-electron chi connectivity index (χ4n) is 2.74. The quantitative estimate of drug-likeness (QED) is 0.865. The van der Waals surface area contributed by atoms with Gasteiger partial charge < -0.3 is 10.3 Å². The first kappa shape index (κ1) is 12.6. The summed E-state index contributed by atoms with van der Waals surface area (Å²) in [6.45, 7) is 7.05. The molecule has 0 unspecified atom stereocenters. The average Bonchev–Trinajstić information content (AvgIpc) is 2.67. The van der Waals surface area contributed by atoms with E-state index in [1.54, 1.807) is 0 Å². The van der Waals surface area contributed by atoms with Crippen molar-refractivity contribution in [2.24, 2.45) is 5.73 Å². The lowest BCUT2D eigenvalue weighted by molar-refractivity contribution is 0.154. The molecule has 0 aliphatic carbocycles. The highest BCUT2D eigenvalue weighted by Crippen LogP contribution is 2.18. The monoisotopic (exact) mass is 237 g/mol. The summed E-state index contributed by atoms with van der Waals surface area (Å²) < 4.78 is 5.20. The highest BCUT2D eigenvalue weighted by Gasteiger charge is 2.21. The van der Waals surface area contributed by atoms with Gasteiger partial charge in [0.15, 0.2) is 0 Å². The van der Waals surface area contributed by atoms with Crippen molar-refractivity contribution in [2.75, 3.05) is 19.6 Å². The molecule has 0 aromatic carbocycles. The summed E-state index contributed by atoms with van der Waals surface area (Å²) in [5.41, 5.74) is 8.13. The van der Waals surface area contributed by atoms with Crippen molar-refractivity contribution in [1.29, 1.82) is 0 Å². The van der Waals surface area contributed by atoms with E-state index in [1.165, 1.54) is 31.4 Å². The Bertz CT molecular complexity index is 342.